The Morgan fingerprint density at radius 3 is 2.82 bits per heavy atom. The maximum Gasteiger partial charge on any atom is 0.0773 e. The van der Waals surface area contributed by atoms with Crippen molar-refractivity contribution in [2.75, 3.05) is 31.7 Å². The van der Waals surface area contributed by atoms with Gasteiger partial charge in [-0.2, -0.15) is 11.8 Å². The lowest BCUT2D eigenvalue weighted by Crippen LogP contribution is -2.52. The number of thioether (sulfide) groups is 1. The lowest BCUT2D eigenvalue weighted by Gasteiger charge is -2.47. The van der Waals surface area contributed by atoms with Gasteiger partial charge < -0.3 is 15.2 Å². The summed E-state index contributed by atoms with van der Waals surface area (Å²) in [5.41, 5.74) is -0.526. The van der Waals surface area contributed by atoms with Crippen molar-refractivity contribution in [1.29, 1.82) is 0 Å². The molecule has 3 nitrogen and oxygen atoms in total. The van der Waals surface area contributed by atoms with Crippen molar-refractivity contribution in [2.45, 2.75) is 43.8 Å². The predicted molar refractivity (Wildman–Crippen MR) is 72.5 cm³/mol. The van der Waals surface area contributed by atoms with E-state index in [4.69, 9.17) is 4.74 Å². The van der Waals surface area contributed by atoms with Crippen LogP contribution in [0.3, 0.4) is 0 Å². The van der Waals surface area contributed by atoms with Gasteiger partial charge in [-0.05, 0) is 57.1 Å². The molecule has 2 saturated heterocycles. The van der Waals surface area contributed by atoms with Crippen LogP contribution in [-0.4, -0.2) is 48.0 Å². The third-order valence-electron chi connectivity index (χ3n) is 4.31. The monoisotopic (exact) mass is 259 g/mol. The molecule has 0 radical (unpaired) electrons. The topological polar surface area (TPSA) is 41.5 Å². The first-order chi connectivity index (χ1) is 8.08. The molecule has 0 amide bonds. The first-order valence-electron chi connectivity index (χ1n) is 6.67. The summed E-state index contributed by atoms with van der Waals surface area (Å²) >= 11 is 2.03. The highest BCUT2D eigenvalue weighted by Crippen LogP contribution is 2.42. The Hall–Kier alpha value is 0.230. The van der Waals surface area contributed by atoms with E-state index in [9.17, 15) is 5.11 Å². The highest BCUT2D eigenvalue weighted by atomic mass is 32.2. The van der Waals surface area contributed by atoms with Gasteiger partial charge in [0.15, 0.2) is 0 Å². The summed E-state index contributed by atoms with van der Waals surface area (Å²) in [5, 5.41) is 13.6. The van der Waals surface area contributed by atoms with E-state index in [0.29, 0.717) is 12.5 Å². The Morgan fingerprint density at radius 1 is 1.47 bits per heavy atom. The quantitative estimate of drug-likeness (QED) is 0.809. The first-order valence-corrected chi connectivity index (χ1v) is 7.82. The van der Waals surface area contributed by atoms with Crippen LogP contribution in [-0.2, 0) is 4.74 Å². The zero-order chi connectivity index (χ0) is 12.4. The van der Waals surface area contributed by atoms with Gasteiger partial charge in [-0.25, -0.2) is 0 Å². The molecule has 2 heterocycles. The number of aliphatic hydroxyl groups is 1. The van der Waals surface area contributed by atoms with Crippen molar-refractivity contribution >= 4 is 11.8 Å². The maximum absolute atomic E-state index is 10.5. The van der Waals surface area contributed by atoms with Gasteiger partial charge in [0.2, 0.25) is 0 Å². The molecule has 0 aromatic heterocycles. The highest BCUT2D eigenvalue weighted by molar-refractivity contribution is 7.99. The fraction of sp³-hybridized carbons (Fsp3) is 1.00. The molecule has 0 aromatic carbocycles. The fourth-order valence-electron chi connectivity index (χ4n) is 3.15. The van der Waals surface area contributed by atoms with E-state index in [-0.39, 0.29) is 5.60 Å². The van der Waals surface area contributed by atoms with Gasteiger partial charge in [-0.15, -0.1) is 0 Å². The number of rotatable bonds is 3. The lowest BCUT2D eigenvalue weighted by molar-refractivity contribution is -0.140. The van der Waals surface area contributed by atoms with E-state index in [0.717, 1.165) is 32.3 Å². The molecule has 0 aliphatic carbocycles. The van der Waals surface area contributed by atoms with Crippen molar-refractivity contribution in [3.05, 3.63) is 0 Å². The van der Waals surface area contributed by atoms with E-state index < -0.39 is 5.60 Å². The molecule has 100 valence electrons. The number of nitrogens with one attached hydrogen (secondary N) is 1. The van der Waals surface area contributed by atoms with Crippen LogP contribution in [0.15, 0.2) is 0 Å². The van der Waals surface area contributed by atoms with Crippen molar-refractivity contribution in [2.24, 2.45) is 5.92 Å². The minimum absolute atomic E-state index is 0.0753. The molecule has 17 heavy (non-hydrogen) atoms. The van der Waals surface area contributed by atoms with Crippen molar-refractivity contribution in [3.8, 4) is 0 Å². The SMILES string of the molecule is CNCC(C)(O)C1CCOC2(CCSCC2)C1. The number of hydrogen-bond acceptors (Lipinski definition) is 4. The largest absolute Gasteiger partial charge is 0.389 e. The van der Waals surface area contributed by atoms with Crippen LogP contribution in [0.1, 0.15) is 32.6 Å². The van der Waals surface area contributed by atoms with Gasteiger partial charge in [0.05, 0.1) is 11.2 Å². The number of ether oxygens (including phenoxy) is 1. The standard InChI is InChI=1S/C13H25NO2S/c1-12(15,10-14-2)11-3-6-16-13(9-11)4-7-17-8-5-13/h11,14-15H,3-10H2,1-2H3. The molecule has 2 atom stereocenters. The Morgan fingerprint density at radius 2 is 2.18 bits per heavy atom. The lowest BCUT2D eigenvalue weighted by atomic mass is 9.74. The number of likely N-dealkylation sites (N-methyl/N-ethyl adjacent to an activating group) is 1. The van der Waals surface area contributed by atoms with Gasteiger partial charge in [-0.3, -0.25) is 0 Å². The molecule has 2 unspecified atom stereocenters. The van der Waals surface area contributed by atoms with Crippen LogP contribution in [0.4, 0.5) is 0 Å². The second-order valence-electron chi connectivity index (χ2n) is 5.72. The van der Waals surface area contributed by atoms with Crippen LogP contribution in [0.5, 0.6) is 0 Å². The minimum Gasteiger partial charge on any atom is -0.389 e. The first kappa shape index (κ1) is 13.7. The normalized spacial score (nSPS) is 32.3. The zero-order valence-corrected chi connectivity index (χ0v) is 11.8. The summed E-state index contributed by atoms with van der Waals surface area (Å²) in [6.07, 6.45) is 4.33. The summed E-state index contributed by atoms with van der Waals surface area (Å²) < 4.78 is 6.07. The van der Waals surface area contributed by atoms with Crippen LogP contribution < -0.4 is 5.32 Å². The maximum atomic E-state index is 10.5. The van der Waals surface area contributed by atoms with Crippen molar-refractivity contribution in [1.82, 2.24) is 5.32 Å². The van der Waals surface area contributed by atoms with Gasteiger partial charge in [0, 0.05) is 13.2 Å². The molecular formula is C13H25NO2S. The minimum atomic E-state index is -0.601. The Balaban J connectivity index is 2.00. The van der Waals surface area contributed by atoms with Crippen molar-refractivity contribution in [3.63, 3.8) is 0 Å². The molecule has 2 rings (SSSR count). The summed E-state index contributed by atoms with van der Waals surface area (Å²) in [7, 11) is 1.90. The average Bonchev–Trinajstić information content (AvgIpc) is 2.30. The Bertz CT molecular complexity index is 246. The van der Waals surface area contributed by atoms with E-state index in [1.807, 2.05) is 25.7 Å². The summed E-state index contributed by atoms with van der Waals surface area (Å²) in [5.74, 6) is 2.79. The van der Waals surface area contributed by atoms with E-state index in [1.165, 1.54) is 11.5 Å². The van der Waals surface area contributed by atoms with E-state index in [1.54, 1.807) is 0 Å². The molecule has 1 spiro atoms. The summed E-state index contributed by atoms with van der Waals surface area (Å²) in [4.78, 5) is 0. The average molecular weight is 259 g/mol. The molecule has 2 fully saturated rings. The molecule has 2 N–H and O–H groups in total. The molecular weight excluding hydrogens is 234 g/mol. The smallest absolute Gasteiger partial charge is 0.0773 e. The van der Waals surface area contributed by atoms with Gasteiger partial charge in [0.25, 0.3) is 0 Å². The Labute approximate surface area is 109 Å². The Kier molecular flexibility index (Phi) is 4.40. The van der Waals surface area contributed by atoms with E-state index >= 15 is 0 Å². The predicted octanol–water partition coefficient (Wildman–Crippen LogP) is 1.65. The third-order valence-corrected chi connectivity index (χ3v) is 5.30. The second kappa shape index (κ2) is 5.47. The fourth-order valence-corrected chi connectivity index (χ4v) is 4.39. The molecule has 4 heteroatoms. The van der Waals surface area contributed by atoms with Crippen LogP contribution >= 0.6 is 11.8 Å². The zero-order valence-electron chi connectivity index (χ0n) is 11.0. The number of hydrogen-bond donors (Lipinski definition) is 2. The molecule has 2 aliphatic heterocycles. The molecule has 0 aromatic rings. The van der Waals surface area contributed by atoms with Crippen LogP contribution in [0, 0.1) is 5.92 Å². The van der Waals surface area contributed by atoms with Gasteiger partial charge >= 0.3 is 0 Å². The second-order valence-corrected chi connectivity index (χ2v) is 6.95. The van der Waals surface area contributed by atoms with Crippen LogP contribution in [0.2, 0.25) is 0 Å². The molecule has 2 aliphatic rings. The van der Waals surface area contributed by atoms with Crippen LogP contribution in [0.25, 0.3) is 0 Å². The molecule has 0 saturated carbocycles. The van der Waals surface area contributed by atoms with Gasteiger partial charge in [-0.1, -0.05) is 0 Å². The van der Waals surface area contributed by atoms with E-state index in [2.05, 4.69) is 5.32 Å². The summed E-state index contributed by atoms with van der Waals surface area (Å²) in [6, 6.07) is 0. The van der Waals surface area contributed by atoms with Gasteiger partial charge in [0.1, 0.15) is 0 Å². The molecule has 0 bridgehead atoms. The third kappa shape index (κ3) is 3.16. The highest BCUT2D eigenvalue weighted by Gasteiger charge is 2.44. The van der Waals surface area contributed by atoms with Crippen molar-refractivity contribution < 1.29 is 9.84 Å². The summed E-state index contributed by atoms with van der Waals surface area (Å²) in [6.45, 7) is 3.45.